The van der Waals surface area contributed by atoms with Crippen molar-refractivity contribution in [2.24, 2.45) is 5.92 Å². The van der Waals surface area contributed by atoms with Gasteiger partial charge in [-0.05, 0) is 56.3 Å². The first-order chi connectivity index (χ1) is 10.3. The van der Waals surface area contributed by atoms with Crippen molar-refractivity contribution < 1.29 is 4.79 Å². The molecule has 1 fully saturated rings. The highest BCUT2D eigenvalue weighted by Crippen LogP contribution is 2.26. The van der Waals surface area contributed by atoms with Crippen molar-refractivity contribution >= 4 is 27.3 Å². The highest BCUT2D eigenvalue weighted by atomic mass is 32.1. The van der Waals surface area contributed by atoms with Crippen molar-refractivity contribution in [3.8, 4) is 0 Å². The predicted octanol–water partition coefficient (Wildman–Crippen LogP) is 3.36. The van der Waals surface area contributed by atoms with Crippen LogP contribution in [0.4, 0.5) is 0 Å². The van der Waals surface area contributed by atoms with Gasteiger partial charge in [0, 0.05) is 17.8 Å². The third kappa shape index (κ3) is 3.27. The molecule has 21 heavy (non-hydrogen) atoms. The Balaban J connectivity index is 1.74. The Labute approximate surface area is 130 Å². The molecule has 0 saturated carbocycles. The lowest BCUT2D eigenvalue weighted by Crippen LogP contribution is -2.40. The Bertz CT molecular complexity index is 583. The Morgan fingerprint density at radius 2 is 2.29 bits per heavy atom. The SMILES string of the molecule is CCN(CC1CCCNC1)C(=O)c1cc2ccccc2s1. The third-order valence-corrected chi connectivity index (χ3v) is 5.29. The van der Waals surface area contributed by atoms with Gasteiger partial charge >= 0.3 is 0 Å². The maximum Gasteiger partial charge on any atom is 0.263 e. The van der Waals surface area contributed by atoms with Crippen LogP contribution >= 0.6 is 11.3 Å². The number of carbonyl (C=O) groups is 1. The first kappa shape index (κ1) is 14.5. The summed E-state index contributed by atoms with van der Waals surface area (Å²) < 4.78 is 1.19. The molecule has 4 heteroatoms. The summed E-state index contributed by atoms with van der Waals surface area (Å²) in [7, 11) is 0. The average molecular weight is 302 g/mol. The van der Waals surface area contributed by atoms with Crippen LogP contribution in [0.2, 0.25) is 0 Å². The highest BCUT2D eigenvalue weighted by Gasteiger charge is 2.21. The van der Waals surface area contributed by atoms with E-state index < -0.39 is 0 Å². The molecule has 3 rings (SSSR count). The summed E-state index contributed by atoms with van der Waals surface area (Å²) in [6, 6.07) is 10.2. The fraction of sp³-hybridized carbons (Fsp3) is 0.471. The number of nitrogens with zero attached hydrogens (tertiary/aromatic N) is 1. The normalized spacial score (nSPS) is 18.8. The third-order valence-electron chi connectivity index (χ3n) is 4.18. The second-order valence-corrected chi connectivity index (χ2v) is 6.79. The second kappa shape index (κ2) is 6.58. The van der Waals surface area contributed by atoms with Crippen LogP contribution in [0.1, 0.15) is 29.4 Å². The summed E-state index contributed by atoms with van der Waals surface area (Å²) in [6.07, 6.45) is 2.45. The first-order valence-corrected chi connectivity index (χ1v) is 8.58. The van der Waals surface area contributed by atoms with E-state index in [1.54, 1.807) is 11.3 Å². The number of benzene rings is 1. The fourth-order valence-electron chi connectivity index (χ4n) is 2.99. The van der Waals surface area contributed by atoms with Crippen LogP contribution < -0.4 is 5.32 Å². The van der Waals surface area contributed by atoms with Gasteiger partial charge in [-0.3, -0.25) is 4.79 Å². The highest BCUT2D eigenvalue weighted by molar-refractivity contribution is 7.20. The molecule has 3 nitrogen and oxygen atoms in total. The number of hydrogen-bond acceptors (Lipinski definition) is 3. The molecule has 1 aromatic carbocycles. The van der Waals surface area contributed by atoms with Crippen LogP contribution in [0.3, 0.4) is 0 Å². The van der Waals surface area contributed by atoms with E-state index in [9.17, 15) is 4.79 Å². The Kier molecular flexibility index (Phi) is 4.56. The Morgan fingerprint density at radius 3 is 3.00 bits per heavy atom. The molecule has 1 N–H and O–H groups in total. The van der Waals surface area contributed by atoms with E-state index >= 15 is 0 Å². The van der Waals surface area contributed by atoms with Crippen molar-refractivity contribution in [3.05, 3.63) is 35.2 Å². The van der Waals surface area contributed by atoms with Crippen LogP contribution in [0.25, 0.3) is 10.1 Å². The van der Waals surface area contributed by atoms with Crippen molar-refractivity contribution in [1.29, 1.82) is 0 Å². The Hall–Kier alpha value is -1.39. The summed E-state index contributed by atoms with van der Waals surface area (Å²) in [5.74, 6) is 0.779. The average Bonchev–Trinajstić information content (AvgIpc) is 2.97. The van der Waals surface area contributed by atoms with Gasteiger partial charge in [0.2, 0.25) is 0 Å². The molecule has 1 saturated heterocycles. The van der Waals surface area contributed by atoms with Gasteiger partial charge in [0.15, 0.2) is 0 Å². The lowest BCUT2D eigenvalue weighted by Gasteiger charge is -2.29. The van der Waals surface area contributed by atoms with E-state index in [1.807, 2.05) is 23.1 Å². The van der Waals surface area contributed by atoms with E-state index in [-0.39, 0.29) is 5.91 Å². The van der Waals surface area contributed by atoms with E-state index in [0.29, 0.717) is 5.92 Å². The number of amides is 1. The van der Waals surface area contributed by atoms with Gasteiger partial charge in [-0.2, -0.15) is 0 Å². The zero-order chi connectivity index (χ0) is 14.7. The number of fused-ring (bicyclic) bond motifs is 1. The summed E-state index contributed by atoms with van der Waals surface area (Å²) in [5.41, 5.74) is 0. The molecule has 0 aliphatic carbocycles. The largest absolute Gasteiger partial charge is 0.338 e. The van der Waals surface area contributed by atoms with Gasteiger partial charge in [0.05, 0.1) is 4.88 Å². The van der Waals surface area contributed by atoms with Crippen molar-refractivity contribution in [1.82, 2.24) is 10.2 Å². The van der Waals surface area contributed by atoms with Crippen LogP contribution in [-0.4, -0.2) is 37.0 Å². The van der Waals surface area contributed by atoms with Crippen LogP contribution in [-0.2, 0) is 0 Å². The van der Waals surface area contributed by atoms with Crippen molar-refractivity contribution in [2.45, 2.75) is 19.8 Å². The summed E-state index contributed by atoms with van der Waals surface area (Å²) in [4.78, 5) is 15.6. The maximum atomic E-state index is 12.7. The predicted molar refractivity (Wildman–Crippen MR) is 89.0 cm³/mol. The van der Waals surface area contributed by atoms with Gasteiger partial charge in [-0.15, -0.1) is 11.3 Å². The molecule has 1 aromatic heterocycles. The summed E-state index contributed by atoms with van der Waals surface area (Å²) in [6.45, 7) is 5.88. The molecule has 112 valence electrons. The minimum atomic E-state index is 0.185. The maximum absolute atomic E-state index is 12.7. The monoisotopic (exact) mass is 302 g/mol. The quantitative estimate of drug-likeness (QED) is 0.939. The molecule has 2 heterocycles. The topological polar surface area (TPSA) is 32.3 Å². The zero-order valence-electron chi connectivity index (χ0n) is 12.5. The van der Waals surface area contributed by atoms with E-state index in [0.717, 1.165) is 31.1 Å². The second-order valence-electron chi connectivity index (χ2n) is 5.70. The lowest BCUT2D eigenvalue weighted by atomic mass is 9.99. The Morgan fingerprint density at radius 1 is 1.43 bits per heavy atom. The van der Waals surface area contributed by atoms with Crippen LogP contribution in [0.5, 0.6) is 0 Å². The lowest BCUT2D eigenvalue weighted by molar-refractivity contribution is 0.0734. The molecule has 1 atom stereocenters. The van der Waals surface area contributed by atoms with Gasteiger partial charge in [-0.25, -0.2) is 0 Å². The zero-order valence-corrected chi connectivity index (χ0v) is 13.3. The molecule has 1 unspecified atom stereocenters. The van der Waals surface area contributed by atoms with Crippen molar-refractivity contribution in [3.63, 3.8) is 0 Å². The smallest absolute Gasteiger partial charge is 0.263 e. The van der Waals surface area contributed by atoms with Crippen LogP contribution in [0, 0.1) is 5.92 Å². The van der Waals surface area contributed by atoms with Crippen LogP contribution in [0.15, 0.2) is 30.3 Å². The minimum absolute atomic E-state index is 0.185. The number of piperidine rings is 1. The molecule has 1 aliphatic heterocycles. The van der Waals surface area contributed by atoms with Gasteiger partial charge in [-0.1, -0.05) is 18.2 Å². The number of hydrogen-bond donors (Lipinski definition) is 1. The molecule has 0 spiro atoms. The standard InChI is InChI=1S/C17H22N2OS/c1-2-19(12-13-6-5-9-18-11-13)17(20)16-10-14-7-3-4-8-15(14)21-16/h3-4,7-8,10,13,18H,2,5-6,9,11-12H2,1H3. The number of rotatable bonds is 4. The molecule has 1 amide bonds. The minimum Gasteiger partial charge on any atom is -0.338 e. The molecular weight excluding hydrogens is 280 g/mol. The molecule has 0 bridgehead atoms. The fourth-order valence-corrected chi connectivity index (χ4v) is 4.02. The summed E-state index contributed by atoms with van der Waals surface area (Å²) >= 11 is 1.60. The molecular formula is C17H22N2OS. The number of nitrogens with one attached hydrogen (secondary N) is 1. The van der Waals surface area contributed by atoms with E-state index in [2.05, 4.69) is 24.4 Å². The van der Waals surface area contributed by atoms with Gasteiger partial charge in [0.1, 0.15) is 0 Å². The van der Waals surface area contributed by atoms with E-state index in [4.69, 9.17) is 0 Å². The van der Waals surface area contributed by atoms with Gasteiger partial charge in [0.25, 0.3) is 5.91 Å². The molecule has 1 aliphatic rings. The molecule has 2 aromatic rings. The number of thiophene rings is 1. The van der Waals surface area contributed by atoms with E-state index in [1.165, 1.54) is 22.9 Å². The van der Waals surface area contributed by atoms with Gasteiger partial charge < -0.3 is 10.2 Å². The van der Waals surface area contributed by atoms with Crippen molar-refractivity contribution in [2.75, 3.05) is 26.2 Å². The molecule has 0 radical (unpaired) electrons. The number of carbonyl (C=O) groups excluding carboxylic acids is 1. The first-order valence-electron chi connectivity index (χ1n) is 7.76. The summed E-state index contributed by atoms with van der Waals surface area (Å²) in [5, 5.41) is 4.60.